The van der Waals surface area contributed by atoms with Crippen molar-refractivity contribution in [3.05, 3.63) is 52.6 Å². The van der Waals surface area contributed by atoms with Gasteiger partial charge in [-0.15, -0.1) is 0 Å². The molecule has 0 aliphatic carbocycles. The summed E-state index contributed by atoms with van der Waals surface area (Å²) in [6, 6.07) is 12.3. The van der Waals surface area contributed by atoms with Crippen molar-refractivity contribution in [3.8, 4) is 0 Å². The number of hydrogen-bond acceptors (Lipinski definition) is 3. The molecule has 17 heavy (non-hydrogen) atoms. The number of nitrogens with two attached hydrogens (primary N) is 1. The van der Waals surface area contributed by atoms with Gasteiger partial charge in [0.25, 0.3) is 0 Å². The molecule has 4 heteroatoms. The van der Waals surface area contributed by atoms with Crippen LogP contribution in [0.25, 0.3) is 0 Å². The summed E-state index contributed by atoms with van der Waals surface area (Å²) < 4.78 is 0.995. The highest BCUT2D eigenvalue weighted by Crippen LogP contribution is 2.27. The van der Waals surface area contributed by atoms with Crippen molar-refractivity contribution < 1.29 is 0 Å². The summed E-state index contributed by atoms with van der Waals surface area (Å²) in [5, 5.41) is 0.988. The van der Waals surface area contributed by atoms with Gasteiger partial charge in [0.2, 0.25) is 0 Å². The van der Waals surface area contributed by atoms with Gasteiger partial charge in [0, 0.05) is 21.6 Å². The molecule has 1 aromatic carbocycles. The average molecular weight is 309 g/mol. The predicted molar refractivity (Wildman–Crippen MR) is 75.1 cm³/mol. The molecule has 2 aromatic rings. The fourth-order valence-electron chi connectivity index (χ4n) is 1.38. The normalized spacial score (nSPS) is 12.4. The summed E-state index contributed by atoms with van der Waals surface area (Å²) in [4.78, 5) is 5.49. The van der Waals surface area contributed by atoms with Gasteiger partial charge in [0.1, 0.15) is 5.03 Å². The molecule has 1 atom stereocenters. The van der Waals surface area contributed by atoms with Crippen molar-refractivity contribution in [2.24, 2.45) is 5.73 Å². The van der Waals surface area contributed by atoms with Gasteiger partial charge in [-0.1, -0.05) is 23.9 Å². The first-order valence-electron chi connectivity index (χ1n) is 5.30. The van der Waals surface area contributed by atoms with E-state index in [2.05, 4.69) is 45.2 Å². The maximum Gasteiger partial charge on any atom is 0.101 e. The summed E-state index contributed by atoms with van der Waals surface area (Å²) in [6.07, 6.45) is 1.80. The van der Waals surface area contributed by atoms with Crippen LogP contribution in [0.3, 0.4) is 0 Å². The fraction of sp³-hybridized carbons (Fsp3) is 0.154. The topological polar surface area (TPSA) is 38.9 Å². The van der Waals surface area contributed by atoms with Crippen LogP contribution < -0.4 is 5.73 Å². The second-order valence-electron chi connectivity index (χ2n) is 3.77. The lowest BCUT2D eigenvalue weighted by molar-refractivity contribution is 0.817. The molecule has 2 rings (SSSR count). The largest absolute Gasteiger partial charge is 0.324 e. The quantitative estimate of drug-likeness (QED) is 0.931. The Morgan fingerprint density at radius 3 is 2.41 bits per heavy atom. The van der Waals surface area contributed by atoms with E-state index in [1.807, 2.05) is 19.1 Å². The third-order valence-electron chi connectivity index (χ3n) is 2.33. The minimum Gasteiger partial charge on any atom is -0.324 e. The standard InChI is InChI=1S/C13H13BrN2S/c1-9(15)10-2-5-12(6-3-10)17-13-7-4-11(14)8-16-13/h2-9H,15H2,1H3/t9-/m0/s1. The Morgan fingerprint density at radius 2 is 1.88 bits per heavy atom. The highest BCUT2D eigenvalue weighted by atomic mass is 79.9. The molecule has 0 unspecified atom stereocenters. The molecular formula is C13H13BrN2S. The van der Waals surface area contributed by atoms with E-state index in [1.54, 1.807) is 18.0 Å². The van der Waals surface area contributed by atoms with Gasteiger partial charge in [-0.3, -0.25) is 0 Å². The van der Waals surface area contributed by atoms with Crippen molar-refractivity contribution in [1.82, 2.24) is 4.98 Å². The van der Waals surface area contributed by atoms with Gasteiger partial charge in [-0.25, -0.2) is 4.98 Å². The molecule has 0 amide bonds. The zero-order valence-electron chi connectivity index (χ0n) is 9.43. The van der Waals surface area contributed by atoms with Crippen LogP contribution >= 0.6 is 27.7 Å². The smallest absolute Gasteiger partial charge is 0.101 e. The molecule has 0 aliphatic rings. The Hall–Kier alpha value is -0.840. The van der Waals surface area contributed by atoms with E-state index in [0.717, 1.165) is 15.1 Å². The van der Waals surface area contributed by atoms with Gasteiger partial charge in [0.05, 0.1) is 0 Å². The molecule has 2 N–H and O–H groups in total. The van der Waals surface area contributed by atoms with Crippen molar-refractivity contribution >= 4 is 27.7 Å². The molecule has 88 valence electrons. The van der Waals surface area contributed by atoms with Crippen LogP contribution in [0, 0.1) is 0 Å². The van der Waals surface area contributed by atoms with Gasteiger partial charge in [-0.05, 0) is 52.7 Å². The molecule has 0 saturated carbocycles. The Balaban J connectivity index is 2.11. The van der Waals surface area contributed by atoms with Crippen LogP contribution in [0.5, 0.6) is 0 Å². The Labute approximate surface area is 114 Å². The molecule has 0 aliphatic heterocycles. The van der Waals surface area contributed by atoms with E-state index >= 15 is 0 Å². The molecule has 0 saturated heterocycles. The van der Waals surface area contributed by atoms with Crippen LogP contribution in [0.1, 0.15) is 18.5 Å². The number of aromatic nitrogens is 1. The third kappa shape index (κ3) is 3.56. The summed E-state index contributed by atoms with van der Waals surface area (Å²) in [7, 11) is 0. The van der Waals surface area contributed by atoms with Crippen molar-refractivity contribution in [2.45, 2.75) is 22.9 Å². The molecular weight excluding hydrogens is 296 g/mol. The van der Waals surface area contributed by atoms with Gasteiger partial charge >= 0.3 is 0 Å². The highest BCUT2D eigenvalue weighted by molar-refractivity contribution is 9.10. The molecule has 1 aromatic heterocycles. The van der Waals surface area contributed by atoms with Crippen molar-refractivity contribution in [1.29, 1.82) is 0 Å². The van der Waals surface area contributed by atoms with E-state index < -0.39 is 0 Å². The van der Waals surface area contributed by atoms with Crippen LogP contribution in [-0.4, -0.2) is 4.98 Å². The molecule has 0 radical (unpaired) electrons. The average Bonchev–Trinajstić information content (AvgIpc) is 2.33. The highest BCUT2D eigenvalue weighted by Gasteiger charge is 2.01. The van der Waals surface area contributed by atoms with Crippen LogP contribution in [0.4, 0.5) is 0 Å². The molecule has 0 fully saturated rings. The maximum atomic E-state index is 5.81. The fourth-order valence-corrected chi connectivity index (χ4v) is 2.37. The van der Waals surface area contributed by atoms with Crippen LogP contribution in [-0.2, 0) is 0 Å². The zero-order valence-corrected chi connectivity index (χ0v) is 11.8. The summed E-state index contributed by atoms with van der Waals surface area (Å²) in [5.41, 5.74) is 6.96. The summed E-state index contributed by atoms with van der Waals surface area (Å²) >= 11 is 5.01. The van der Waals surface area contributed by atoms with E-state index in [1.165, 1.54) is 4.90 Å². The van der Waals surface area contributed by atoms with Gasteiger partial charge in [-0.2, -0.15) is 0 Å². The van der Waals surface area contributed by atoms with Gasteiger partial charge < -0.3 is 5.73 Å². The Kier molecular flexibility index (Phi) is 4.20. The molecule has 0 spiro atoms. The van der Waals surface area contributed by atoms with Crippen LogP contribution in [0.2, 0.25) is 0 Å². The van der Waals surface area contributed by atoms with Crippen LogP contribution in [0.15, 0.2) is 57.0 Å². The number of rotatable bonds is 3. The van der Waals surface area contributed by atoms with E-state index in [9.17, 15) is 0 Å². The maximum absolute atomic E-state index is 5.81. The minimum atomic E-state index is 0.0832. The predicted octanol–water partition coefficient (Wildman–Crippen LogP) is 4.02. The number of halogens is 1. The first kappa shape index (κ1) is 12.6. The summed E-state index contributed by atoms with van der Waals surface area (Å²) in [5.74, 6) is 0. The van der Waals surface area contributed by atoms with E-state index in [0.29, 0.717) is 0 Å². The second kappa shape index (κ2) is 5.67. The first-order chi connectivity index (χ1) is 8.15. The lowest BCUT2D eigenvalue weighted by Crippen LogP contribution is -2.04. The first-order valence-corrected chi connectivity index (χ1v) is 6.91. The lowest BCUT2D eigenvalue weighted by atomic mass is 10.1. The zero-order chi connectivity index (χ0) is 12.3. The number of nitrogens with zero attached hydrogens (tertiary/aromatic N) is 1. The van der Waals surface area contributed by atoms with Crippen molar-refractivity contribution in [2.75, 3.05) is 0 Å². The lowest BCUT2D eigenvalue weighted by Gasteiger charge is -2.06. The van der Waals surface area contributed by atoms with Crippen molar-refractivity contribution in [3.63, 3.8) is 0 Å². The minimum absolute atomic E-state index is 0.0832. The monoisotopic (exact) mass is 308 g/mol. The Bertz CT molecular complexity index is 480. The molecule has 0 bridgehead atoms. The number of hydrogen-bond donors (Lipinski definition) is 1. The SMILES string of the molecule is C[C@H](N)c1ccc(Sc2ccc(Br)cn2)cc1. The second-order valence-corrected chi connectivity index (χ2v) is 5.78. The molecule has 2 nitrogen and oxygen atoms in total. The van der Waals surface area contributed by atoms with E-state index in [-0.39, 0.29) is 6.04 Å². The summed E-state index contributed by atoms with van der Waals surface area (Å²) in [6.45, 7) is 1.98. The Morgan fingerprint density at radius 1 is 1.18 bits per heavy atom. The van der Waals surface area contributed by atoms with Gasteiger partial charge in [0.15, 0.2) is 0 Å². The number of pyridine rings is 1. The number of benzene rings is 1. The third-order valence-corrected chi connectivity index (χ3v) is 3.76. The molecule has 1 heterocycles. The van der Waals surface area contributed by atoms with E-state index in [4.69, 9.17) is 5.73 Å².